The third kappa shape index (κ3) is 10.2. The Hall–Kier alpha value is -2.03. The molecule has 0 aliphatic rings. The molecule has 0 bridgehead atoms. The van der Waals surface area contributed by atoms with Crippen LogP contribution in [0.15, 0.2) is 111 Å². The number of hydrogen-bond acceptors (Lipinski definition) is 13. The van der Waals surface area contributed by atoms with Crippen LogP contribution in [0.3, 0.4) is 0 Å². The number of azo groups is 1. The molecule has 0 saturated carbocycles. The van der Waals surface area contributed by atoms with Gasteiger partial charge in [0.15, 0.2) is 5.69 Å². The predicted octanol–water partition coefficient (Wildman–Crippen LogP) is -6.59. The van der Waals surface area contributed by atoms with Gasteiger partial charge in [-0.05, 0) is 60.7 Å². The van der Waals surface area contributed by atoms with Gasteiger partial charge < -0.3 is 24.1 Å². The molecular weight excluding hydrogens is 647 g/mol. The van der Waals surface area contributed by atoms with Crippen molar-refractivity contribution in [2.24, 2.45) is 10.2 Å². The van der Waals surface area contributed by atoms with Gasteiger partial charge in [0.2, 0.25) is 5.88 Å². The van der Waals surface area contributed by atoms with E-state index in [4.69, 9.17) is 0 Å². The number of nitrogens with zero attached hydrogens (tertiary/aromatic N) is 5. The van der Waals surface area contributed by atoms with E-state index in [0.717, 1.165) is 54.0 Å². The fourth-order valence-corrected chi connectivity index (χ4v) is 4.31. The molecule has 0 radical (unpaired) electrons. The maximum atomic E-state index is 11.3. The van der Waals surface area contributed by atoms with Crippen molar-refractivity contribution < 1.29 is 130 Å². The van der Waals surface area contributed by atoms with Gasteiger partial charge in [0, 0.05) is 11.6 Å². The number of hydrogen-bond donors (Lipinski definition) is 1. The zero-order valence-electron chi connectivity index (χ0n) is 23.4. The van der Waals surface area contributed by atoms with Gasteiger partial charge in [-0.1, -0.05) is 24.3 Å². The topological polar surface area (TPSA) is 230 Å². The van der Waals surface area contributed by atoms with Crippen molar-refractivity contribution in [3.8, 4) is 11.6 Å². The standard InChI is InChI=1S/C16H12N4O9S2.C9H7N.3Na/c21-15-13(18-17-9-1-5-11(6-2-9)30(24,25)26)14(16(22)23)19-20(15)10-3-7-12(8-4-10)31(27,28)29;1-2-6-9-8(4-1)5-3-7-10-9;;;/h1-8,21H,(H,22,23)(H,24,25,26)(H,27,28,29);1-7H;;;/q;;3*+1/p-3/b18-17+;;;;. The van der Waals surface area contributed by atoms with Crippen LogP contribution in [-0.2, 0) is 20.2 Å². The second kappa shape index (κ2) is 17.0. The summed E-state index contributed by atoms with van der Waals surface area (Å²) in [4.78, 5) is 14.5. The van der Waals surface area contributed by atoms with Crippen LogP contribution < -0.4 is 93.8 Å². The molecule has 5 rings (SSSR count). The third-order valence-electron chi connectivity index (χ3n) is 5.30. The molecular formula is C25H16N5Na3O9S2. The van der Waals surface area contributed by atoms with E-state index < -0.39 is 53.3 Å². The number of aromatic carboxylic acids is 1. The van der Waals surface area contributed by atoms with Crippen LogP contribution in [0, 0.1) is 0 Å². The number of aromatic hydroxyl groups is 1. The molecule has 0 amide bonds. The van der Waals surface area contributed by atoms with Gasteiger partial charge in [-0.3, -0.25) is 4.98 Å². The van der Waals surface area contributed by atoms with Crippen LogP contribution in [0.4, 0.5) is 11.4 Å². The summed E-state index contributed by atoms with van der Waals surface area (Å²) in [7, 11) is -9.39. The average molecular weight is 664 g/mol. The van der Waals surface area contributed by atoms with Crippen molar-refractivity contribution in [2.45, 2.75) is 9.79 Å². The second-order valence-electron chi connectivity index (χ2n) is 8.01. The summed E-state index contributed by atoms with van der Waals surface area (Å²) >= 11 is 0. The number of fused-ring (bicyclic) bond motifs is 1. The Kier molecular flexibility index (Phi) is 15.5. The van der Waals surface area contributed by atoms with Gasteiger partial charge in [-0.25, -0.2) is 16.8 Å². The summed E-state index contributed by atoms with van der Waals surface area (Å²) in [6.45, 7) is 0. The normalized spacial score (nSPS) is 11.0. The van der Waals surface area contributed by atoms with E-state index in [2.05, 4.69) is 32.4 Å². The molecule has 0 aliphatic carbocycles. The van der Waals surface area contributed by atoms with Crippen LogP contribution >= 0.6 is 0 Å². The number of carbonyl (C=O) groups excluding carboxylic acids is 1. The number of para-hydroxylation sites is 1. The van der Waals surface area contributed by atoms with E-state index in [9.17, 15) is 40.9 Å². The molecule has 44 heavy (non-hydrogen) atoms. The zero-order valence-corrected chi connectivity index (χ0v) is 31.1. The van der Waals surface area contributed by atoms with Gasteiger partial charge >= 0.3 is 88.7 Å². The van der Waals surface area contributed by atoms with E-state index in [-0.39, 0.29) is 100 Å². The smallest absolute Gasteiger partial charge is 0.744 e. The number of pyridine rings is 1. The summed E-state index contributed by atoms with van der Waals surface area (Å²) in [5.41, 5.74) is -0.334. The average Bonchev–Trinajstić information content (AvgIpc) is 3.28. The maximum absolute atomic E-state index is 11.3. The van der Waals surface area contributed by atoms with Crippen molar-refractivity contribution in [1.29, 1.82) is 0 Å². The van der Waals surface area contributed by atoms with Gasteiger partial charge in [0.25, 0.3) is 0 Å². The van der Waals surface area contributed by atoms with Crippen molar-refractivity contribution >= 4 is 48.5 Å². The Morgan fingerprint density at radius 1 is 0.750 bits per heavy atom. The molecule has 2 heterocycles. The molecule has 2 aromatic heterocycles. The maximum Gasteiger partial charge on any atom is 1.00 e. The Balaban J connectivity index is 0.000000630. The molecule has 0 aliphatic heterocycles. The monoisotopic (exact) mass is 663 g/mol. The van der Waals surface area contributed by atoms with Crippen LogP contribution in [0.5, 0.6) is 5.88 Å². The van der Waals surface area contributed by atoms with Gasteiger partial charge in [-0.2, -0.15) is 14.9 Å². The molecule has 5 aromatic rings. The SMILES string of the molecule is O=C([O-])c1nn(-c2ccc(S(=O)(=O)[O-])cc2)c(O)c1/N=N/c1ccc(S(=O)(=O)[O-])cc1.[Na+].[Na+].[Na+].c1ccc2ncccc2c1. The van der Waals surface area contributed by atoms with E-state index >= 15 is 0 Å². The molecule has 210 valence electrons. The minimum absolute atomic E-state index is 0. The molecule has 19 heteroatoms. The van der Waals surface area contributed by atoms with Gasteiger partial charge in [-0.15, -0.1) is 5.11 Å². The Labute approximate surface area is 317 Å². The molecule has 0 saturated heterocycles. The molecule has 0 atom stereocenters. The summed E-state index contributed by atoms with van der Waals surface area (Å²) < 4.78 is 66.5. The van der Waals surface area contributed by atoms with Crippen molar-refractivity contribution in [2.75, 3.05) is 0 Å². The fourth-order valence-electron chi connectivity index (χ4n) is 3.37. The summed E-state index contributed by atoms with van der Waals surface area (Å²) in [5, 5.41) is 33.8. The van der Waals surface area contributed by atoms with Gasteiger partial charge in [0.1, 0.15) is 25.9 Å². The Morgan fingerprint density at radius 2 is 1.27 bits per heavy atom. The van der Waals surface area contributed by atoms with Crippen molar-refractivity contribution in [1.82, 2.24) is 14.8 Å². The number of rotatable bonds is 6. The van der Waals surface area contributed by atoms with Gasteiger partial charge in [0.05, 0.1) is 32.7 Å². The predicted molar refractivity (Wildman–Crippen MR) is 138 cm³/mol. The molecule has 0 unspecified atom stereocenters. The number of carbonyl (C=O) groups is 1. The largest absolute Gasteiger partial charge is 1.00 e. The molecule has 0 spiro atoms. The van der Waals surface area contributed by atoms with E-state index in [1.807, 2.05) is 30.5 Å². The Bertz CT molecular complexity index is 1920. The van der Waals surface area contributed by atoms with Crippen LogP contribution in [-0.4, -0.2) is 51.8 Å². The first kappa shape index (κ1) is 40.0. The first-order valence-corrected chi connectivity index (χ1v) is 14.0. The number of aromatic nitrogens is 3. The summed E-state index contributed by atoms with van der Waals surface area (Å²) in [6, 6.07) is 20.3. The van der Waals surface area contributed by atoms with Crippen molar-refractivity contribution in [3.05, 3.63) is 96.8 Å². The zero-order chi connectivity index (χ0) is 29.8. The molecule has 14 nitrogen and oxygen atoms in total. The third-order valence-corrected chi connectivity index (χ3v) is 7.00. The first-order valence-electron chi connectivity index (χ1n) is 11.2. The molecule has 1 N–H and O–H groups in total. The van der Waals surface area contributed by atoms with Crippen LogP contribution in [0.25, 0.3) is 16.6 Å². The number of benzene rings is 3. The van der Waals surface area contributed by atoms with E-state index in [1.165, 1.54) is 5.39 Å². The minimum Gasteiger partial charge on any atom is -0.744 e. The molecule has 3 aromatic carbocycles. The quantitative estimate of drug-likeness (QED) is 0.102. The fraction of sp³-hybridized carbons (Fsp3) is 0. The minimum atomic E-state index is -4.72. The second-order valence-corrected chi connectivity index (χ2v) is 10.8. The van der Waals surface area contributed by atoms with Crippen LogP contribution in [0.2, 0.25) is 0 Å². The van der Waals surface area contributed by atoms with E-state index in [1.54, 1.807) is 0 Å². The van der Waals surface area contributed by atoms with E-state index in [0.29, 0.717) is 4.68 Å². The summed E-state index contributed by atoms with van der Waals surface area (Å²) in [5.74, 6) is -2.60. The Morgan fingerprint density at radius 3 is 1.80 bits per heavy atom. The van der Waals surface area contributed by atoms with Crippen molar-refractivity contribution in [3.63, 3.8) is 0 Å². The number of carboxylic acids is 1. The summed E-state index contributed by atoms with van der Waals surface area (Å²) in [6.07, 6.45) is 1.81. The number of carboxylic acid groups (broad SMARTS) is 1. The molecule has 0 fully saturated rings. The van der Waals surface area contributed by atoms with Crippen LogP contribution in [0.1, 0.15) is 10.5 Å². The first-order chi connectivity index (χ1) is 19.3.